The minimum Gasteiger partial charge on any atom is -0.368 e. The molecule has 0 spiro atoms. The van der Waals surface area contributed by atoms with Crippen LogP contribution in [0.1, 0.15) is 17.6 Å². The van der Waals surface area contributed by atoms with Gasteiger partial charge in [-0.3, -0.25) is 0 Å². The molecule has 1 atom stereocenters. The molecule has 1 aromatic carbocycles. The molecule has 1 aromatic heterocycles. The van der Waals surface area contributed by atoms with Gasteiger partial charge in [-0.25, -0.2) is 17.8 Å². The lowest BCUT2D eigenvalue weighted by atomic mass is 10.3. The number of nitrogens with zero attached hydrogens (tertiary/aromatic N) is 2. The lowest BCUT2D eigenvalue weighted by Crippen LogP contribution is -2.42. The number of aromatic amines is 1. The number of H-pyrrole nitrogens is 1. The Morgan fingerprint density at radius 3 is 2.86 bits per heavy atom. The molecule has 1 aliphatic heterocycles. The van der Waals surface area contributed by atoms with Crippen LogP contribution in [0.25, 0.3) is 0 Å². The number of halogens is 1. The fraction of sp³-hybridized carbons (Fsp3) is 0.357. The Hall–Kier alpha value is -1.77. The van der Waals surface area contributed by atoms with Crippen LogP contribution in [0, 0.1) is 12.7 Å². The first kappa shape index (κ1) is 15.1. The number of ether oxygens (including phenoxy) is 1. The van der Waals surface area contributed by atoms with Crippen molar-refractivity contribution in [2.75, 3.05) is 19.7 Å². The van der Waals surface area contributed by atoms with Gasteiger partial charge in [-0.2, -0.15) is 4.31 Å². The molecule has 6 nitrogen and oxygen atoms in total. The maximum atomic E-state index is 13.8. The van der Waals surface area contributed by atoms with Gasteiger partial charge < -0.3 is 9.72 Å². The molecule has 0 amide bonds. The average molecular weight is 325 g/mol. The van der Waals surface area contributed by atoms with E-state index in [1.807, 2.05) is 6.92 Å². The summed E-state index contributed by atoms with van der Waals surface area (Å²) in [5.41, 5.74) is 0.868. The fourth-order valence-corrected chi connectivity index (χ4v) is 3.89. The first-order valence-corrected chi connectivity index (χ1v) is 8.30. The zero-order valence-electron chi connectivity index (χ0n) is 12.0. The predicted octanol–water partition coefficient (Wildman–Crippen LogP) is 1.62. The number of imidazole rings is 1. The number of nitrogens with one attached hydrogen (secondary N) is 1. The van der Waals surface area contributed by atoms with Crippen molar-refractivity contribution < 1.29 is 17.5 Å². The summed E-state index contributed by atoms with van der Waals surface area (Å²) in [5.74, 6) is -0.176. The summed E-state index contributed by atoms with van der Waals surface area (Å²) < 4.78 is 45.8. The second-order valence-corrected chi connectivity index (χ2v) is 7.01. The summed E-state index contributed by atoms with van der Waals surface area (Å²) in [6, 6.07) is 5.37. The number of hydrogen-bond donors (Lipinski definition) is 1. The highest BCUT2D eigenvalue weighted by Crippen LogP contribution is 2.26. The topological polar surface area (TPSA) is 75.3 Å². The number of rotatable bonds is 3. The van der Waals surface area contributed by atoms with Crippen molar-refractivity contribution in [1.82, 2.24) is 14.3 Å². The molecule has 1 saturated heterocycles. The molecule has 1 aliphatic rings. The van der Waals surface area contributed by atoms with Gasteiger partial charge >= 0.3 is 0 Å². The SMILES string of the molecule is Cc1cnc([C@H]2CN(S(=O)(=O)c3ccccc3F)CCO2)[nH]1. The first-order chi connectivity index (χ1) is 10.5. The number of morpholine rings is 1. The molecule has 0 aliphatic carbocycles. The molecule has 0 saturated carbocycles. The Labute approximate surface area is 128 Å². The van der Waals surface area contributed by atoms with Gasteiger partial charge in [0.15, 0.2) is 0 Å². The van der Waals surface area contributed by atoms with E-state index in [-0.39, 0.29) is 24.6 Å². The largest absolute Gasteiger partial charge is 0.368 e. The van der Waals surface area contributed by atoms with E-state index in [2.05, 4.69) is 9.97 Å². The smallest absolute Gasteiger partial charge is 0.246 e. The van der Waals surface area contributed by atoms with Crippen LogP contribution in [-0.4, -0.2) is 42.4 Å². The predicted molar refractivity (Wildman–Crippen MR) is 77.2 cm³/mol. The van der Waals surface area contributed by atoms with Gasteiger partial charge in [0.05, 0.1) is 6.61 Å². The van der Waals surface area contributed by atoms with Crippen molar-refractivity contribution >= 4 is 10.0 Å². The normalized spacial score (nSPS) is 20.2. The number of sulfonamides is 1. The highest BCUT2D eigenvalue weighted by Gasteiger charge is 2.33. The third-order valence-electron chi connectivity index (χ3n) is 3.51. The molecule has 118 valence electrons. The molecular formula is C14H16FN3O3S. The van der Waals surface area contributed by atoms with Crippen molar-refractivity contribution in [3.8, 4) is 0 Å². The molecule has 0 unspecified atom stereocenters. The van der Waals surface area contributed by atoms with Gasteiger partial charge in [-0.05, 0) is 19.1 Å². The van der Waals surface area contributed by atoms with Crippen LogP contribution in [-0.2, 0) is 14.8 Å². The third kappa shape index (κ3) is 2.77. The lowest BCUT2D eigenvalue weighted by Gasteiger charge is -2.31. The zero-order valence-corrected chi connectivity index (χ0v) is 12.8. The second kappa shape index (κ2) is 5.79. The van der Waals surface area contributed by atoms with Crippen molar-refractivity contribution in [1.29, 1.82) is 0 Å². The Balaban J connectivity index is 1.87. The van der Waals surface area contributed by atoms with E-state index in [1.165, 1.54) is 22.5 Å². The van der Waals surface area contributed by atoms with E-state index < -0.39 is 21.9 Å². The minimum atomic E-state index is -3.89. The zero-order chi connectivity index (χ0) is 15.7. The van der Waals surface area contributed by atoms with Crippen LogP contribution in [0.3, 0.4) is 0 Å². The van der Waals surface area contributed by atoms with Gasteiger partial charge in [0.25, 0.3) is 0 Å². The Morgan fingerprint density at radius 2 is 2.18 bits per heavy atom. The quantitative estimate of drug-likeness (QED) is 0.930. The van der Waals surface area contributed by atoms with Crippen LogP contribution in [0.15, 0.2) is 35.4 Å². The van der Waals surface area contributed by atoms with E-state index in [0.717, 1.165) is 11.8 Å². The highest BCUT2D eigenvalue weighted by atomic mass is 32.2. The van der Waals surface area contributed by atoms with E-state index in [9.17, 15) is 12.8 Å². The second-order valence-electron chi connectivity index (χ2n) is 5.10. The monoisotopic (exact) mass is 325 g/mol. The lowest BCUT2D eigenvalue weighted by molar-refractivity contribution is -0.00716. The van der Waals surface area contributed by atoms with Crippen molar-refractivity contribution in [2.45, 2.75) is 17.9 Å². The number of hydrogen-bond acceptors (Lipinski definition) is 4. The molecule has 2 aromatic rings. The Kier molecular flexibility index (Phi) is 3.98. The summed E-state index contributed by atoms with van der Waals surface area (Å²) in [6.07, 6.45) is 1.17. The van der Waals surface area contributed by atoms with Gasteiger partial charge in [0.2, 0.25) is 10.0 Å². The molecule has 0 radical (unpaired) electrons. The fourth-order valence-electron chi connectivity index (χ4n) is 2.40. The van der Waals surface area contributed by atoms with Crippen molar-refractivity contribution in [3.63, 3.8) is 0 Å². The van der Waals surface area contributed by atoms with Crippen LogP contribution < -0.4 is 0 Å². The van der Waals surface area contributed by atoms with Gasteiger partial charge in [-0.15, -0.1) is 0 Å². The van der Waals surface area contributed by atoms with E-state index in [0.29, 0.717) is 5.82 Å². The van der Waals surface area contributed by atoms with Crippen LogP contribution in [0.5, 0.6) is 0 Å². The summed E-state index contributed by atoms with van der Waals surface area (Å²) in [6.45, 7) is 2.38. The van der Waals surface area contributed by atoms with Crippen molar-refractivity contribution in [3.05, 3.63) is 47.8 Å². The van der Waals surface area contributed by atoms with Gasteiger partial charge in [0.1, 0.15) is 22.6 Å². The molecule has 1 fully saturated rings. The molecule has 22 heavy (non-hydrogen) atoms. The number of benzene rings is 1. The molecular weight excluding hydrogens is 309 g/mol. The average Bonchev–Trinajstić information content (AvgIpc) is 2.94. The van der Waals surface area contributed by atoms with Crippen LogP contribution >= 0.6 is 0 Å². The van der Waals surface area contributed by atoms with Crippen LogP contribution in [0.2, 0.25) is 0 Å². The van der Waals surface area contributed by atoms with Crippen molar-refractivity contribution in [2.24, 2.45) is 0 Å². The maximum absolute atomic E-state index is 13.8. The van der Waals surface area contributed by atoms with E-state index >= 15 is 0 Å². The molecule has 3 rings (SSSR count). The summed E-state index contributed by atoms with van der Waals surface area (Å²) in [5, 5.41) is 0. The van der Waals surface area contributed by atoms with Crippen LogP contribution in [0.4, 0.5) is 4.39 Å². The van der Waals surface area contributed by atoms with E-state index in [1.54, 1.807) is 6.20 Å². The standard InChI is InChI=1S/C14H16FN3O3S/c1-10-8-16-14(17-10)12-9-18(6-7-21-12)22(19,20)13-5-3-2-4-11(13)15/h2-5,8,12H,6-7,9H2,1H3,(H,16,17)/t12-/m1/s1. The maximum Gasteiger partial charge on any atom is 0.246 e. The van der Waals surface area contributed by atoms with Gasteiger partial charge in [-0.1, -0.05) is 12.1 Å². The number of aryl methyl sites for hydroxylation is 1. The minimum absolute atomic E-state index is 0.101. The highest BCUT2D eigenvalue weighted by molar-refractivity contribution is 7.89. The summed E-state index contributed by atoms with van der Waals surface area (Å²) in [7, 11) is -3.89. The first-order valence-electron chi connectivity index (χ1n) is 6.86. The van der Waals surface area contributed by atoms with E-state index in [4.69, 9.17) is 4.74 Å². The molecule has 2 heterocycles. The summed E-state index contributed by atoms with van der Waals surface area (Å²) in [4.78, 5) is 6.89. The Morgan fingerprint density at radius 1 is 1.41 bits per heavy atom. The molecule has 1 N–H and O–H groups in total. The third-order valence-corrected chi connectivity index (χ3v) is 5.41. The molecule has 8 heteroatoms. The molecule has 0 bridgehead atoms. The summed E-state index contributed by atoms with van der Waals surface area (Å²) >= 11 is 0. The Bertz CT molecular complexity index is 775. The number of aromatic nitrogens is 2. The van der Waals surface area contributed by atoms with Gasteiger partial charge in [0, 0.05) is 25.0 Å².